The number of ether oxygens (including phenoxy) is 1. The lowest BCUT2D eigenvalue weighted by Crippen LogP contribution is -2.31. The maximum absolute atomic E-state index is 11.9. The lowest BCUT2D eigenvalue weighted by Gasteiger charge is -2.17. The molecule has 98 valence electrons. The number of methoxy groups -OCH3 is 1. The van der Waals surface area contributed by atoms with E-state index in [0.29, 0.717) is 11.3 Å². The van der Waals surface area contributed by atoms with Gasteiger partial charge in [0.25, 0.3) is 5.91 Å². The summed E-state index contributed by atoms with van der Waals surface area (Å²) in [6, 6.07) is 5.04. The topological polar surface area (TPSA) is 84.7 Å². The number of rotatable bonds is 4. The molecule has 6 nitrogen and oxygen atoms in total. The van der Waals surface area contributed by atoms with Crippen molar-refractivity contribution in [1.29, 1.82) is 0 Å². The number of nitrogens with one attached hydrogen (secondary N) is 1. The second kappa shape index (κ2) is 5.90. The monoisotopic (exact) mass is 251 g/mol. The van der Waals surface area contributed by atoms with Gasteiger partial charge in [0.2, 0.25) is 0 Å². The van der Waals surface area contributed by atoms with Crippen molar-refractivity contribution in [3.8, 4) is 0 Å². The number of esters is 1. The largest absolute Gasteiger partial charge is 0.468 e. The van der Waals surface area contributed by atoms with E-state index in [-0.39, 0.29) is 12.5 Å². The number of anilines is 2. The smallest absolute Gasteiger partial charge is 0.325 e. The Kier molecular flexibility index (Phi) is 4.53. The number of amides is 1. The normalized spacial score (nSPS) is 9.72. The summed E-state index contributed by atoms with van der Waals surface area (Å²) in [6.07, 6.45) is 0. The Morgan fingerprint density at radius 1 is 1.39 bits per heavy atom. The van der Waals surface area contributed by atoms with Gasteiger partial charge in [0.15, 0.2) is 0 Å². The highest BCUT2D eigenvalue weighted by molar-refractivity contribution is 6.01. The summed E-state index contributed by atoms with van der Waals surface area (Å²) in [6.45, 7) is -0.170. The predicted molar refractivity (Wildman–Crippen MR) is 69.5 cm³/mol. The molecule has 0 aliphatic rings. The molecule has 1 aromatic rings. The fourth-order valence-electron chi connectivity index (χ4n) is 1.45. The van der Waals surface area contributed by atoms with E-state index < -0.39 is 5.97 Å². The van der Waals surface area contributed by atoms with Crippen LogP contribution in [-0.2, 0) is 9.53 Å². The predicted octanol–water partition coefficient (Wildman–Crippen LogP) is 0.238. The summed E-state index contributed by atoms with van der Waals surface area (Å²) < 4.78 is 4.45. The highest BCUT2D eigenvalue weighted by atomic mass is 16.5. The molecule has 3 N–H and O–H groups in total. The minimum absolute atomic E-state index is 0.170. The zero-order valence-corrected chi connectivity index (χ0v) is 10.7. The van der Waals surface area contributed by atoms with E-state index in [9.17, 15) is 9.59 Å². The molecule has 6 heteroatoms. The number of carbonyl (C=O) groups excluding carboxylic acids is 2. The molecule has 0 saturated carbocycles. The second-order valence-electron chi connectivity index (χ2n) is 3.93. The van der Waals surface area contributed by atoms with Gasteiger partial charge in [-0.25, -0.2) is 0 Å². The maximum atomic E-state index is 11.9. The van der Waals surface area contributed by atoms with Crippen molar-refractivity contribution in [3.63, 3.8) is 0 Å². The second-order valence-corrected chi connectivity index (χ2v) is 3.93. The lowest BCUT2D eigenvalue weighted by molar-refractivity contribution is -0.139. The summed E-state index contributed by atoms with van der Waals surface area (Å²) in [7, 11) is 4.91. The summed E-state index contributed by atoms with van der Waals surface area (Å²) in [5.41, 5.74) is 7.30. The first-order chi connectivity index (χ1) is 8.45. The van der Waals surface area contributed by atoms with Crippen LogP contribution in [0.1, 0.15) is 10.4 Å². The quantitative estimate of drug-likeness (QED) is 0.591. The average Bonchev–Trinajstić information content (AvgIpc) is 2.34. The van der Waals surface area contributed by atoms with Crippen LogP contribution in [0.15, 0.2) is 18.2 Å². The molecule has 1 rings (SSSR count). The van der Waals surface area contributed by atoms with E-state index in [0.717, 1.165) is 5.69 Å². The zero-order valence-electron chi connectivity index (χ0n) is 10.7. The van der Waals surface area contributed by atoms with Gasteiger partial charge < -0.3 is 20.7 Å². The molecule has 0 spiro atoms. The van der Waals surface area contributed by atoms with Crippen LogP contribution in [0.25, 0.3) is 0 Å². The number of benzene rings is 1. The van der Waals surface area contributed by atoms with Crippen molar-refractivity contribution in [2.75, 3.05) is 38.4 Å². The van der Waals surface area contributed by atoms with Crippen LogP contribution in [-0.4, -0.2) is 39.6 Å². The van der Waals surface area contributed by atoms with Crippen molar-refractivity contribution in [2.24, 2.45) is 0 Å². The molecule has 1 aromatic carbocycles. The minimum Gasteiger partial charge on any atom is -0.468 e. The van der Waals surface area contributed by atoms with Gasteiger partial charge in [-0.05, 0) is 18.2 Å². The first kappa shape index (κ1) is 13.8. The van der Waals surface area contributed by atoms with E-state index >= 15 is 0 Å². The molecule has 1 amide bonds. The van der Waals surface area contributed by atoms with Crippen molar-refractivity contribution < 1.29 is 14.3 Å². The molecule has 0 aromatic heterocycles. The highest BCUT2D eigenvalue weighted by Gasteiger charge is 2.14. The average molecular weight is 251 g/mol. The molecule has 0 aliphatic carbocycles. The first-order valence-electron chi connectivity index (χ1n) is 5.37. The SMILES string of the molecule is COC(=O)CNC(=O)c1cc(N)ccc1N(C)C. The first-order valence-corrected chi connectivity index (χ1v) is 5.37. The Morgan fingerprint density at radius 3 is 2.61 bits per heavy atom. The van der Waals surface area contributed by atoms with Crippen molar-refractivity contribution >= 4 is 23.3 Å². The van der Waals surface area contributed by atoms with E-state index in [1.54, 1.807) is 23.1 Å². The Bertz CT molecular complexity index is 458. The van der Waals surface area contributed by atoms with Crippen LogP contribution in [0.4, 0.5) is 11.4 Å². The molecule has 0 fully saturated rings. The number of hydrogen-bond donors (Lipinski definition) is 2. The van der Waals surface area contributed by atoms with Gasteiger partial charge in [-0.1, -0.05) is 0 Å². The molecule has 0 heterocycles. The summed E-state index contributed by atoms with van der Waals surface area (Å²) >= 11 is 0. The molecule has 0 saturated heterocycles. The number of nitrogens with two attached hydrogens (primary N) is 1. The number of nitrogens with zero attached hydrogens (tertiary/aromatic N) is 1. The third kappa shape index (κ3) is 3.38. The fraction of sp³-hybridized carbons (Fsp3) is 0.333. The Morgan fingerprint density at radius 2 is 2.06 bits per heavy atom. The van der Waals surface area contributed by atoms with Gasteiger partial charge in [-0.3, -0.25) is 9.59 Å². The Labute approximate surface area is 106 Å². The van der Waals surface area contributed by atoms with Gasteiger partial charge >= 0.3 is 5.97 Å². The van der Waals surface area contributed by atoms with Crippen LogP contribution >= 0.6 is 0 Å². The van der Waals surface area contributed by atoms with E-state index in [1.807, 2.05) is 14.1 Å². The molecule has 0 radical (unpaired) electrons. The highest BCUT2D eigenvalue weighted by Crippen LogP contribution is 2.21. The summed E-state index contributed by atoms with van der Waals surface area (Å²) in [5.74, 6) is -0.866. The number of nitrogen functional groups attached to an aromatic ring is 1. The van der Waals surface area contributed by atoms with Crippen molar-refractivity contribution in [2.45, 2.75) is 0 Å². The van der Waals surface area contributed by atoms with Crippen molar-refractivity contribution in [1.82, 2.24) is 5.32 Å². The molecule has 0 atom stereocenters. The van der Waals surface area contributed by atoms with Crippen LogP contribution in [0.2, 0.25) is 0 Å². The van der Waals surface area contributed by atoms with Gasteiger partial charge in [-0.2, -0.15) is 0 Å². The molecule has 18 heavy (non-hydrogen) atoms. The van der Waals surface area contributed by atoms with E-state index in [4.69, 9.17) is 5.73 Å². The fourth-order valence-corrected chi connectivity index (χ4v) is 1.45. The van der Waals surface area contributed by atoms with Crippen LogP contribution in [0, 0.1) is 0 Å². The lowest BCUT2D eigenvalue weighted by atomic mass is 10.1. The van der Waals surface area contributed by atoms with Gasteiger partial charge in [0, 0.05) is 25.5 Å². The van der Waals surface area contributed by atoms with Crippen LogP contribution < -0.4 is 16.0 Å². The zero-order chi connectivity index (χ0) is 13.7. The van der Waals surface area contributed by atoms with Crippen LogP contribution in [0.5, 0.6) is 0 Å². The summed E-state index contributed by atoms with van der Waals surface area (Å²) in [5, 5.41) is 2.48. The third-order valence-electron chi connectivity index (χ3n) is 2.37. The number of carbonyl (C=O) groups is 2. The van der Waals surface area contributed by atoms with Gasteiger partial charge in [-0.15, -0.1) is 0 Å². The standard InChI is InChI=1S/C12H17N3O3/c1-15(2)10-5-4-8(13)6-9(10)12(17)14-7-11(16)18-3/h4-6H,7,13H2,1-3H3,(H,14,17). The molecule has 0 bridgehead atoms. The van der Waals surface area contributed by atoms with E-state index in [2.05, 4.69) is 10.1 Å². The Balaban J connectivity index is 2.90. The molecule has 0 aliphatic heterocycles. The molecule has 0 unspecified atom stereocenters. The molecular weight excluding hydrogens is 234 g/mol. The molecular formula is C12H17N3O3. The van der Waals surface area contributed by atoms with Gasteiger partial charge in [0.1, 0.15) is 6.54 Å². The summed E-state index contributed by atoms with van der Waals surface area (Å²) in [4.78, 5) is 24.7. The third-order valence-corrected chi connectivity index (χ3v) is 2.37. The Hall–Kier alpha value is -2.24. The van der Waals surface area contributed by atoms with Gasteiger partial charge in [0.05, 0.1) is 12.7 Å². The van der Waals surface area contributed by atoms with Crippen molar-refractivity contribution in [3.05, 3.63) is 23.8 Å². The minimum atomic E-state index is -0.501. The van der Waals surface area contributed by atoms with E-state index in [1.165, 1.54) is 7.11 Å². The van der Waals surface area contributed by atoms with Crippen LogP contribution in [0.3, 0.4) is 0 Å². The number of hydrogen-bond acceptors (Lipinski definition) is 5. The maximum Gasteiger partial charge on any atom is 0.325 e.